The molecule has 0 saturated carbocycles. The summed E-state index contributed by atoms with van der Waals surface area (Å²) in [7, 11) is 0. The summed E-state index contributed by atoms with van der Waals surface area (Å²) in [6.45, 7) is 4.68. The van der Waals surface area contributed by atoms with Crippen LogP contribution in [-0.2, 0) is 6.42 Å². The fourth-order valence-electron chi connectivity index (χ4n) is 2.35. The Hall–Kier alpha value is -0.280. The van der Waals surface area contributed by atoms with Crippen molar-refractivity contribution in [3.05, 3.63) is 35.9 Å². The Morgan fingerprint density at radius 1 is 1.06 bits per heavy atom. The van der Waals surface area contributed by atoms with Crippen molar-refractivity contribution in [3.8, 4) is 0 Å². The van der Waals surface area contributed by atoms with Crippen molar-refractivity contribution in [3.63, 3.8) is 0 Å². The standard InChI is InChI=1S/C14H22N2.2ClH/c1-13(12-14-8-4-2-5-9-14)15-16-10-6-3-7-11-16;;/h2,4-5,8-9,13,15H,3,6-7,10-12H2,1H3;2*1H. The van der Waals surface area contributed by atoms with Crippen LogP contribution < -0.4 is 5.43 Å². The lowest BCUT2D eigenvalue weighted by Gasteiger charge is -2.30. The predicted octanol–water partition coefficient (Wildman–Crippen LogP) is 3.45. The minimum absolute atomic E-state index is 0. The third kappa shape index (κ3) is 6.05. The lowest BCUT2D eigenvalue weighted by atomic mass is 10.1. The Morgan fingerprint density at radius 3 is 2.28 bits per heavy atom. The molecule has 2 nitrogen and oxygen atoms in total. The molecule has 1 aliphatic rings. The topological polar surface area (TPSA) is 15.3 Å². The number of halogens is 2. The molecule has 1 atom stereocenters. The maximum Gasteiger partial charge on any atom is 0.0227 e. The fourth-order valence-corrected chi connectivity index (χ4v) is 2.35. The van der Waals surface area contributed by atoms with Crippen molar-refractivity contribution in [1.29, 1.82) is 0 Å². The van der Waals surface area contributed by atoms with Gasteiger partial charge in [-0.3, -0.25) is 5.43 Å². The fraction of sp³-hybridized carbons (Fsp3) is 0.571. The Bertz CT molecular complexity index is 300. The molecule has 4 heteroatoms. The Kier molecular flexibility index (Phi) is 9.47. The van der Waals surface area contributed by atoms with E-state index in [1.54, 1.807) is 0 Å². The molecule has 1 fully saturated rings. The number of hydrazine groups is 1. The van der Waals surface area contributed by atoms with E-state index in [9.17, 15) is 0 Å². The van der Waals surface area contributed by atoms with Gasteiger partial charge in [-0.05, 0) is 31.7 Å². The van der Waals surface area contributed by atoms with Crippen molar-refractivity contribution < 1.29 is 0 Å². The summed E-state index contributed by atoms with van der Waals surface area (Å²) in [5, 5.41) is 2.39. The first-order valence-corrected chi connectivity index (χ1v) is 6.39. The molecule has 1 aromatic carbocycles. The van der Waals surface area contributed by atoms with Crippen LogP contribution in [0.2, 0.25) is 0 Å². The molecular formula is C14H24Cl2N2. The number of hydrogen-bond donors (Lipinski definition) is 1. The van der Waals surface area contributed by atoms with Gasteiger partial charge in [-0.15, -0.1) is 24.8 Å². The third-order valence-corrected chi connectivity index (χ3v) is 3.14. The molecule has 1 unspecified atom stereocenters. The molecule has 0 spiro atoms. The van der Waals surface area contributed by atoms with E-state index in [4.69, 9.17) is 0 Å². The van der Waals surface area contributed by atoms with Gasteiger partial charge in [-0.25, -0.2) is 5.01 Å². The quantitative estimate of drug-likeness (QED) is 0.914. The second-order valence-electron chi connectivity index (χ2n) is 4.77. The zero-order valence-corrected chi connectivity index (χ0v) is 12.6. The van der Waals surface area contributed by atoms with Crippen molar-refractivity contribution in [2.75, 3.05) is 13.1 Å². The number of benzene rings is 1. The minimum atomic E-state index is 0. The number of piperidine rings is 1. The highest BCUT2D eigenvalue weighted by Gasteiger charge is 2.12. The second-order valence-corrected chi connectivity index (χ2v) is 4.77. The van der Waals surface area contributed by atoms with E-state index in [-0.39, 0.29) is 24.8 Å². The molecule has 18 heavy (non-hydrogen) atoms. The molecule has 0 bridgehead atoms. The first-order chi connectivity index (χ1) is 7.84. The number of rotatable bonds is 4. The highest BCUT2D eigenvalue weighted by Crippen LogP contribution is 2.08. The second kappa shape index (κ2) is 9.62. The average molecular weight is 291 g/mol. The van der Waals surface area contributed by atoms with E-state index >= 15 is 0 Å². The SMILES string of the molecule is CC(Cc1ccccc1)NN1CCCCC1.Cl.Cl. The van der Waals surface area contributed by atoms with Gasteiger partial charge in [0.2, 0.25) is 0 Å². The van der Waals surface area contributed by atoms with Crippen molar-refractivity contribution in [2.45, 2.75) is 38.6 Å². The molecule has 0 amide bonds. The van der Waals surface area contributed by atoms with Gasteiger partial charge in [-0.2, -0.15) is 0 Å². The molecule has 0 aromatic heterocycles. The van der Waals surface area contributed by atoms with Crippen LogP contribution in [0.3, 0.4) is 0 Å². The average Bonchev–Trinajstić information content (AvgIpc) is 2.31. The minimum Gasteiger partial charge on any atom is -0.252 e. The first-order valence-electron chi connectivity index (χ1n) is 6.39. The monoisotopic (exact) mass is 290 g/mol. The summed E-state index contributed by atoms with van der Waals surface area (Å²) < 4.78 is 0. The molecular weight excluding hydrogens is 267 g/mol. The van der Waals surface area contributed by atoms with Crippen molar-refractivity contribution in [1.82, 2.24) is 10.4 Å². The third-order valence-electron chi connectivity index (χ3n) is 3.14. The van der Waals surface area contributed by atoms with Crippen LogP contribution in [0.4, 0.5) is 0 Å². The van der Waals surface area contributed by atoms with E-state index in [2.05, 4.69) is 47.7 Å². The van der Waals surface area contributed by atoms with E-state index in [1.165, 1.54) is 37.9 Å². The summed E-state index contributed by atoms with van der Waals surface area (Å²) in [6.07, 6.45) is 5.18. The zero-order valence-electron chi connectivity index (χ0n) is 11.0. The molecule has 104 valence electrons. The number of hydrogen-bond acceptors (Lipinski definition) is 2. The molecule has 0 aliphatic carbocycles. The van der Waals surface area contributed by atoms with Crippen LogP contribution in [0.1, 0.15) is 31.7 Å². The summed E-state index contributed by atoms with van der Waals surface area (Å²) in [5.74, 6) is 0. The van der Waals surface area contributed by atoms with Gasteiger partial charge in [-0.1, -0.05) is 36.8 Å². The number of nitrogens with zero attached hydrogens (tertiary/aromatic N) is 1. The van der Waals surface area contributed by atoms with Gasteiger partial charge in [0.1, 0.15) is 0 Å². The zero-order chi connectivity index (χ0) is 11.2. The van der Waals surface area contributed by atoms with Gasteiger partial charge < -0.3 is 0 Å². The molecule has 1 N–H and O–H groups in total. The maximum absolute atomic E-state index is 3.60. The van der Waals surface area contributed by atoms with Gasteiger partial charge >= 0.3 is 0 Å². The molecule has 0 radical (unpaired) electrons. The van der Waals surface area contributed by atoms with Crippen LogP contribution in [0.15, 0.2) is 30.3 Å². The summed E-state index contributed by atoms with van der Waals surface area (Å²) >= 11 is 0. The smallest absolute Gasteiger partial charge is 0.0227 e. The lowest BCUT2D eigenvalue weighted by molar-refractivity contribution is 0.132. The van der Waals surface area contributed by atoms with Gasteiger partial charge in [0, 0.05) is 19.1 Å². The van der Waals surface area contributed by atoms with E-state index in [1.807, 2.05) is 0 Å². The van der Waals surface area contributed by atoms with Crippen LogP contribution in [-0.4, -0.2) is 24.1 Å². The molecule has 1 heterocycles. The van der Waals surface area contributed by atoms with Gasteiger partial charge in [0.15, 0.2) is 0 Å². The highest BCUT2D eigenvalue weighted by atomic mass is 35.5. The van der Waals surface area contributed by atoms with Crippen LogP contribution >= 0.6 is 24.8 Å². The molecule has 1 aliphatic heterocycles. The summed E-state index contributed by atoms with van der Waals surface area (Å²) in [4.78, 5) is 0. The molecule has 2 rings (SSSR count). The van der Waals surface area contributed by atoms with Gasteiger partial charge in [0.25, 0.3) is 0 Å². The van der Waals surface area contributed by atoms with Crippen molar-refractivity contribution in [2.24, 2.45) is 0 Å². The Morgan fingerprint density at radius 2 is 1.67 bits per heavy atom. The number of nitrogens with one attached hydrogen (secondary N) is 1. The van der Waals surface area contributed by atoms with E-state index < -0.39 is 0 Å². The normalized spacial score (nSPS) is 17.4. The first kappa shape index (κ1) is 17.7. The maximum atomic E-state index is 3.60. The Balaban J connectivity index is 0.00000144. The molecule has 1 saturated heterocycles. The highest BCUT2D eigenvalue weighted by molar-refractivity contribution is 5.85. The van der Waals surface area contributed by atoms with Crippen LogP contribution in [0, 0.1) is 0 Å². The van der Waals surface area contributed by atoms with Gasteiger partial charge in [0.05, 0.1) is 0 Å². The predicted molar refractivity (Wildman–Crippen MR) is 82.7 cm³/mol. The van der Waals surface area contributed by atoms with Crippen LogP contribution in [0.5, 0.6) is 0 Å². The lowest BCUT2D eigenvalue weighted by Crippen LogP contribution is -2.46. The Labute approximate surface area is 123 Å². The largest absolute Gasteiger partial charge is 0.252 e. The van der Waals surface area contributed by atoms with E-state index in [0.717, 1.165) is 6.42 Å². The van der Waals surface area contributed by atoms with Crippen molar-refractivity contribution >= 4 is 24.8 Å². The summed E-state index contributed by atoms with van der Waals surface area (Å²) in [5.41, 5.74) is 5.02. The molecule has 1 aromatic rings. The summed E-state index contributed by atoms with van der Waals surface area (Å²) in [6, 6.07) is 11.2. The van der Waals surface area contributed by atoms with E-state index in [0.29, 0.717) is 6.04 Å². The van der Waals surface area contributed by atoms with Crippen LogP contribution in [0.25, 0.3) is 0 Å².